The van der Waals surface area contributed by atoms with Gasteiger partial charge in [-0.05, 0) is 24.6 Å². The summed E-state index contributed by atoms with van der Waals surface area (Å²) in [5, 5.41) is 4.43. The first kappa shape index (κ1) is 21.3. The van der Waals surface area contributed by atoms with E-state index in [0.717, 1.165) is 22.5 Å². The molecule has 0 saturated heterocycles. The van der Waals surface area contributed by atoms with Crippen molar-refractivity contribution < 1.29 is 26.4 Å². The summed E-state index contributed by atoms with van der Waals surface area (Å²) in [5.41, 5.74) is -1.06. The molecule has 0 radical (unpaired) electrons. The quantitative estimate of drug-likeness (QED) is 0.707. The minimum Gasteiger partial charge on any atom is -0.301 e. The topological polar surface area (TPSA) is 79.4 Å². The van der Waals surface area contributed by atoms with Gasteiger partial charge in [-0.25, -0.2) is 13.4 Å². The van der Waals surface area contributed by atoms with Crippen LogP contribution >= 0.6 is 11.3 Å². The fraction of sp³-hybridized carbons (Fsp3) is 0.375. The van der Waals surface area contributed by atoms with Gasteiger partial charge in [0.1, 0.15) is 0 Å². The monoisotopic (exact) mass is 421 g/mol. The van der Waals surface area contributed by atoms with Crippen LogP contribution in [0.25, 0.3) is 0 Å². The zero-order valence-electron chi connectivity index (χ0n) is 14.4. The summed E-state index contributed by atoms with van der Waals surface area (Å²) in [6, 6.07) is 3.49. The molecule has 0 aliphatic heterocycles. The molecule has 0 spiro atoms. The second-order valence-corrected chi connectivity index (χ2v) is 8.44. The van der Waals surface area contributed by atoms with Crippen LogP contribution in [0.1, 0.15) is 25.3 Å². The molecule has 1 aromatic carbocycles. The first-order chi connectivity index (χ1) is 12.6. The van der Waals surface area contributed by atoms with Crippen molar-refractivity contribution in [2.24, 2.45) is 0 Å². The molecular formula is C16H18F3N3O3S2. The first-order valence-electron chi connectivity index (χ1n) is 8.01. The maximum atomic E-state index is 12.9. The Bertz CT molecular complexity index is 869. The third-order valence-electron chi connectivity index (χ3n) is 3.56. The summed E-state index contributed by atoms with van der Waals surface area (Å²) >= 11 is 1.17. The molecule has 0 unspecified atom stereocenters. The van der Waals surface area contributed by atoms with E-state index in [1.807, 2.05) is 6.92 Å². The largest absolute Gasteiger partial charge is 0.416 e. The summed E-state index contributed by atoms with van der Waals surface area (Å²) in [7, 11) is -4.27. The second kappa shape index (κ2) is 8.81. The molecule has 11 heteroatoms. The van der Waals surface area contributed by atoms with Gasteiger partial charge in [0, 0.05) is 18.1 Å². The Morgan fingerprint density at radius 3 is 2.67 bits per heavy atom. The number of hydrogen-bond acceptors (Lipinski definition) is 5. The molecule has 0 saturated carbocycles. The summed E-state index contributed by atoms with van der Waals surface area (Å²) in [6.07, 6.45) is -2.07. The number of alkyl halides is 3. The van der Waals surface area contributed by atoms with E-state index in [1.54, 1.807) is 5.38 Å². The van der Waals surface area contributed by atoms with Crippen LogP contribution in [0.4, 0.5) is 18.3 Å². The molecule has 2 rings (SSSR count). The van der Waals surface area contributed by atoms with E-state index >= 15 is 0 Å². The average molecular weight is 421 g/mol. The van der Waals surface area contributed by atoms with Crippen molar-refractivity contribution in [3.8, 4) is 0 Å². The predicted octanol–water partition coefficient (Wildman–Crippen LogP) is 3.59. The molecule has 148 valence electrons. The number of sulfonamides is 1. The van der Waals surface area contributed by atoms with E-state index < -0.39 is 39.1 Å². The number of thiazole rings is 1. The number of nitrogens with zero attached hydrogens (tertiary/aromatic N) is 2. The normalized spacial score (nSPS) is 12.3. The van der Waals surface area contributed by atoms with Crippen molar-refractivity contribution in [1.82, 2.24) is 9.29 Å². The Hall–Kier alpha value is -1.98. The van der Waals surface area contributed by atoms with E-state index in [1.165, 1.54) is 17.5 Å². The zero-order chi connectivity index (χ0) is 20.1. The number of amides is 1. The molecule has 1 aromatic heterocycles. The van der Waals surface area contributed by atoms with Gasteiger partial charge < -0.3 is 5.32 Å². The molecule has 0 aliphatic rings. The number of aromatic nitrogens is 1. The van der Waals surface area contributed by atoms with Crippen LogP contribution in [0, 0.1) is 0 Å². The van der Waals surface area contributed by atoms with Crippen molar-refractivity contribution in [3.05, 3.63) is 41.4 Å². The van der Waals surface area contributed by atoms with Gasteiger partial charge in [0.25, 0.3) is 0 Å². The lowest BCUT2D eigenvalue weighted by atomic mass is 10.2. The number of hydrogen-bond donors (Lipinski definition) is 1. The van der Waals surface area contributed by atoms with Crippen LogP contribution in [0.5, 0.6) is 0 Å². The van der Waals surface area contributed by atoms with E-state index in [2.05, 4.69) is 10.3 Å². The molecule has 1 amide bonds. The standard InChI is InChI=1S/C16H18F3N3O3S2/c1-2-3-8-22(11-14(23)21-15-20-7-9-26-15)27(24,25)13-6-4-5-12(10-13)16(17,18)19/h4-7,9-10H,2-3,8,11H2,1H3,(H,20,21,23). The van der Waals surface area contributed by atoms with Crippen molar-refractivity contribution in [1.29, 1.82) is 0 Å². The molecule has 27 heavy (non-hydrogen) atoms. The fourth-order valence-corrected chi connectivity index (χ4v) is 4.23. The van der Waals surface area contributed by atoms with Gasteiger partial charge in [0.15, 0.2) is 5.13 Å². The minimum atomic E-state index is -4.66. The molecule has 0 aliphatic carbocycles. The van der Waals surface area contributed by atoms with Crippen LogP contribution < -0.4 is 5.32 Å². The Balaban J connectivity index is 2.26. The van der Waals surface area contributed by atoms with Crippen molar-refractivity contribution in [3.63, 3.8) is 0 Å². The van der Waals surface area contributed by atoms with Gasteiger partial charge in [0.2, 0.25) is 15.9 Å². The summed E-state index contributed by atoms with van der Waals surface area (Å²) in [4.78, 5) is 15.5. The molecule has 0 atom stereocenters. The van der Waals surface area contributed by atoms with Crippen LogP contribution in [0.3, 0.4) is 0 Å². The summed E-state index contributed by atoms with van der Waals surface area (Å²) in [5.74, 6) is -0.614. The number of nitrogens with one attached hydrogen (secondary N) is 1. The lowest BCUT2D eigenvalue weighted by Gasteiger charge is -2.22. The third kappa shape index (κ3) is 5.75. The number of unbranched alkanes of at least 4 members (excludes halogenated alkanes) is 1. The van der Waals surface area contributed by atoms with Crippen molar-refractivity contribution >= 4 is 32.4 Å². The maximum absolute atomic E-state index is 12.9. The predicted molar refractivity (Wildman–Crippen MR) is 95.9 cm³/mol. The molecule has 1 heterocycles. The highest BCUT2D eigenvalue weighted by atomic mass is 32.2. The Kier molecular flexibility index (Phi) is 6.95. The van der Waals surface area contributed by atoms with Crippen LogP contribution in [0.15, 0.2) is 40.7 Å². The van der Waals surface area contributed by atoms with E-state index in [9.17, 15) is 26.4 Å². The minimum absolute atomic E-state index is 0.0143. The summed E-state index contributed by atoms with van der Waals surface area (Å²) in [6.45, 7) is 1.34. The highest BCUT2D eigenvalue weighted by Crippen LogP contribution is 2.31. The number of carbonyl (C=O) groups is 1. The lowest BCUT2D eigenvalue weighted by molar-refractivity contribution is -0.137. The molecule has 0 bridgehead atoms. The molecule has 6 nitrogen and oxygen atoms in total. The van der Waals surface area contributed by atoms with Crippen LogP contribution in [0.2, 0.25) is 0 Å². The summed E-state index contributed by atoms with van der Waals surface area (Å²) < 4.78 is 65.2. The first-order valence-corrected chi connectivity index (χ1v) is 10.3. The van der Waals surface area contributed by atoms with E-state index in [4.69, 9.17) is 0 Å². The number of rotatable bonds is 8. The van der Waals surface area contributed by atoms with Gasteiger partial charge >= 0.3 is 6.18 Å². The number of benzene rings is 1. The molecular weight excluding hydrogens is 403 g/mol. The number of halogens is 3. The highest BCUT2D eigenvalue weighted by molar-refractivity contribution is 7.89. The number of anilines is 1. The fourth-order valence-electron chi connectivity index (χ4n) is 2.20. The van der Waals surface area contributed by atoms with E-state index in [-0.39, 0.29) is 6.54 Å². The molecule has 2 aromatic rings. The smallest absolute Gasteiger partial charge is 0.301 e. The van der Waals surface area contributed by atoms with Gasteiger partial charge in [-0.2, -0.15) is 17.5 Å². The van der Waals surface area contributed by atoms with Crippen molar-refractivity contribution in [2.45, 2.75) is 30.8 Å². The number of carbonyl (C=O) groups excluding carboxylic acids is 1. The lowest BCUT2D eigenvalue weighted by Crippen LogP contribution is -2.38. The van der Waals surface area contributed by atoms with Gasteiger partial charge in [0.05, 0.1) is 17.0 Å². The van der Waals surface area contributed by atoms with Crippen LogP contribution in [-0.4, -0.2) is 36.7 Å². The Morgan fingerprint density at radius 2 is 2.07 bits per heavy atom. The average Bonchev–Trinajstić information content (AvgIpc) is 3.10. The second-order valence-electron chi connectivity index (χ2n) is 5.60. The highest BCUT2D eigenvalue weighted by Gasteiger charge is 2.33. The van der Waals surface area contributed by atoms with Crippen molar-refractivity contribution in [2.75, 3.05) is 18.4 Å². The molecule has 0 fully saturated rings. The Morgan fingerprint density at radius 1 is 1.33 bits per heavy atom. The van der Waals surface area contributed by atoms with Gasteiger partial charge in [-0.15, -0.1) is 11.3 Å². The van der Waals surface area contributed by atoms with Crippen LogP contribution in [-0.2, 0) is 21.0 Å². The zero-order valence-corrected chi connectivity index (χ0v) is 16.0. The Labute approximate surface area is 159 Å². The molecule has 1 N–H and O–H groups in total. The maximum Gasteiger partial charge on any atom is 0.416 e. The SMILES string of the molecule is CCCCN(CC(=O)Nc1nccs1)S(=O)(=O)c1cccc(C(F)(F)F)c1. The van der Waals surface area contributed by atoms with E-state index in [0.29, 0.717) is 24.0 Å². The van der Waals surface area contributed by atoms with Gasteiger partial charge in [-0.1, -0.05) is 19.4 Å². The third-order valence-corrected chi connectivity index (χ3v) is 6.09. The van der Waals surface area contributed by atoms with Gasteiger partial charge in [-0.3, -0.25) is 4.79 Å².